The summed E-state index contributed by atoms with van der Waals surface area (Å²) in [5.41, 5.74) is 6.53. The van der Waals surface area contributed by atoms with Crippen molar-refractivity contribution in [3.63, 3.8) is 0 Å². The minimum atomic E-state index is -0.0493. The highest BCUT2D eigenvalue weighted by Crippen LogP contribution is 2.37. The fourth-order valence-electron chi connectivity index (χ4n) is 5.03. The minimum Gasteiger partial charge on any atom is -0.369 e. The summed E-state index contributed by atoms with van der Waals surface area (Å²) in [7, 11) is 1.94. The van der Waals surface area contributed by atoms with E-state index in [-0.39, 0.29) is 5.91 Å². The van der Waals surface area contributed by atoms with Crippen molar-refractivity contribution in [3.05, 3.63) is 56.4 Å². The molecule has 0 unspecified atom stereocenters. The fraction of sp³-hybridized carbons (Fsp3) is 0.440. The molecular weight excluding hydrogens is 454 g/mol. The van der Waals surface area contributed by atoms with E-state index in [1.807, 2.05) is 17.8 Å². The van der Waals surface area contributed by atoms with Crippen molar-refractivity contribution >= 4 is 34.5 Å². The van der Waals surface area contributed by atoms with Gasteiger partial charge in [0, 0.05) is 66.5 Å². The second kappa shape index (κ2) is 9.49. The number of amides is 1. The highest BCUT2D eigenvalue weighted by Gasteiger charge is 2.27. The molecule has 1 N–H and O–H groups in total. The predicted molar refractivity (Wildman–Crippen MR) is 136 cm³/mol. The summed E-state index contributed by atoms with van der Waals surface area (Å²) in [6.45, 7) is 7.84. The number of fused-ring (bicyclic) bond motifs is 3. The minimum absolute atomic E-state index is 0.0493. The Bertz CT molecular complexity index is 1160. The molecule has 2 aromatic heterocycles. The van der Waals surface area contributed by atoms with Gasteiger partial charge >= 0.3 is 0 Å². The van der Waals surface area contributed by atoms with E-state index >= 15 is 0 Å². The Morgan fingerprint density at radius 2 is 2.00 bits per heavy atom. The van der Waals surface area contributed by atoms with Crippen molar-refractivity contribution in [1.82, 2.24) is 20.0 Å². The number of hydrogen-bond donors (Lipinski definition) is 1. The van der Waals surface area contributed by atoms with Gasteiger partial charge in [0.25, 0.3) is 5.91 Å². The van der Waals surface area contributed by atoms with Crippen LogP contribution in [0.3, 0.4) is 0 Å². The van der Waals surface area contributed by atoms with Gasteiger partial charge < -0.3 is 10.2 Å². The summed E-state index contributed by atoms with van der Waals surface area (Å²) in [5, 5.41) is 10.6. The normalized spacial score (nSPS) is 15.9. The van der Waals surface area contributed by atoms with E-state index in [0.717, 1.165) is 68.3 Å². The molecule has 0 atom stereocenters. The number of halogens is 1. The quantitative estimate of drug-likeness (QED) is 0.535. The van der Waals surface area contributed by atoms with Crippen LogP contribution in [0.15, 0.2) is 29.6 Å². The maximum absolute atomic E-state index is 12.9. The Labute approximate surface area is 204 Å². The molecule has 0 spiro atoms. The van der Waals surface area contributed by atoms with Crippen molar-refractivity contribution in [2.75, 3.05) is 44.2 Å². The summed E-state index contributed by atoms with van der Waals surface area (Å²) >= 11 is 7.99. The summed E-state index contributed by atoms with van der Waals surface area (Å²) in [6.07, 6.45) is 2.81. The number of nitrogens with one attached hydrogen (secondary N) is 1. The second-order valence-electron chi connectivity index (χ2n) is 8.93. The molecule has 0 bridgehead atoms. The molecule has 2 aliphatic rings. The topological polar surface area (TPSA) is 53.4 Å². The first kappa shape index (κ1) is 22.4. The molecule has 1 amide bonds. The van der Waals surface area contributed by atoms with Crippen LogP contribution in [0, 0.1) is 6.92 Å². The van der Waals surface area contributed by atoms with Crippen molar-refractivity contribution in [2.45, 2.75) is 26.2 Å². The molecule has 1 aliphatic heterocycles. The molecule has 33 heavy (non-hydrogen) atoms. The maximum atomic E-state index is 12.9. The maximum Gasteiger partial charge on any atom is 0.272 e. The zero-order valence-electron chi connectivity index (χ0n) is 19.2. The Kier molecular flexibility index (Phi) is 6.45. The smallest absolute Gasteiger partial charge is 0.272 e. The van der Waals surface area contributed by atoms with Crippen LogP contribution in [-0.2, 0) is 19.9 Å². The monoisotopic (exact) mass is 483 g/mol. The molecular formula is C25H30ClN5OS. The van der Waals surface area contributed by atoms with Gasteiger partial charge in [0.05, 0.1) is 5.69 Å². The number of carbonyl (C=O) groups is 1. The third-order valence-corrected chi connectivity index (χ3v) is 8.00. The number of aromatic nitrogens is 2. The molecule has 1 aliphatic carbocycles. The Balaban J connectivity index is 1.10. The van der Waals surface area contributed by atoms with Crippen LogP contribution in [0.4, 0.5) is 5.69 Å². The first-order valence-electron chi connectivity index (χ1n) is 11.7. The van der Waals surface area contributed by atoms with Gasteiger partial charge in [-0.25, -0.2) is 0 Å². The summed E-state index contributed by atoms with van der Waals surface area (Å²) in [5.74, 6) is -0.0493. The molecule has 5 rings (SSSR count). The van der Waals surface area contributed by atoms with Gasteiger partial charge in [-0.3, -0.25) is 14.4 Å². The molecule has 3 aromatic rings. The summed E-state index contributed by atoms with van der Waals surface area (Å²) in [6, 6.07) is 8.25. The van der Waals surface area contributed by atoms with Crippen LogP contribution < -0.4 is 10.2 Å². The van der Waals surface area contributed by atoms with Gasteiger partial charge in [0.15, 0.2) is 5.69 Å². The molecule has 6 nitrogen and oxygen atoms in total. The molecule has 8 heteroatoms. The number of thiophene rings is 1. The van der Waals surface area contributed by atoms with Crippen molar-refractivity contribution in [2.24, 2.45) is 7.05 Å². The summed E-state index contributed by atoms with van der Waals surface area (Å²) < 4.78 is 1.87. The standard InChI is InChI=1S/C25H30ClN5OS/c1-17-4-5-18(26)16-21(17)31-13-11-30(12-14-31)10-3-9-27-25(32)23-20-6-7-22-19(8-15-33-22)24(20)29(2)28-23/h4-5,8,15-16H,3,6-7,9-14H2,1-2H3,(H,27,32). The number of carbonyl (C=O) groups excluding carboxylic acids is 1. The number of benzene rings is 1. The molecule has 1 fully saturated rings. The van der Waals surface area contributed by atoms with Crippen LogP contribution >= 0.6 is 22.9 Å². The lowest BCUT2D eigenvalue weighted by molar-refractivity contribution is 0.0945. The molecule has 0 radical (unpaired) electrons. The first-order chi connectivity index (χ1) is 16.0. The highest BCUT2D eigenvalue weighted by molar-refractivity contribution is 7.10. The molecule has 1 aromatic carbocycles. The Morgan fingerprint density at radius 1 is 1.18 bits per heavy atom. The average Bonchev–Trinajstić information content (AvgIpc) is 3.43. The van der Waals surface area contributed by atoms with E-state index in [0.29, 0.717) is 12.2 Å². The van der Waals surface area contributed by atoms with Gasteiger partial charge in [-0.15, -0.1) is 11.3 Å². The van der Waals surface area contributed by atoms with Crippen LogP contribution in [0.1, 0.15) is 32.9 Å². The van der Waals surface area contributed by atoms with Crippen molar-refractivity contribution in [1.29, 1.82) is 0 Å². The van der Waals surface area contributed by atoms with E-state index < -0.39 is 0 Å². The van der Waals surface area contributed by atoms with Gasteiger partial charge in [-0.1, -0.05) is 17.7 Å². The molecule has 1 saturated heterocycles. The second-order valence-corrected chi connectivity index (χ2v) is 10.4. The lowest BCUT2D eigenvalue weighted by atomic mass is 9.94. The number of aryl methyl sites for hydroxylation is 3. The largest absolute Gasteiger partial charge is 0.369 e. The third-order valence-electron chi connectivity index (χ3n) is 6.78. The zero-order valence-corrected chi connectivity index (χ0v) is 20.8. The van der Waals surface area contributed by atoms with Crippen molar-refractivity contribution < 1.29 is 4.79 Å². The number of anilines is 1. The number of nitrogens with zero attached hydrogens (tertiary/aromatic N) is 4. The molecule has 0 saturated carbocycles. The fourth-order valence-corrected chi connectivity index (χ4v) is 6.08. The first-order valence-corrected chi connectivity index (χ1v) is 12.9. The number of hydrogen-bond acceptors (Lipinski definition) is 5. The zero-order chi connectivity index (χ0) is 22.9. The Hall–Kier alpha value is -2.35. The SMILES string of the molecule is Cc1ccc(Cl)cc1N1CCN(CCCNC(=O)c2nn(C)c3c2CCc2sccc2-3)CC1. The number of piperazine rings is 1. The van der Waals surface area contributed by atoms with Gasteiger partial charge in [-0.05, 0) is 61.9 Å². The van der Waals surface area contributed by atoms with E-state index in [9.17, 15) is 4.79 Å². The lowest BCUT2D eigenvalue weighted by Crippen LogP contribution is -2.47. The Morgan fingerprint density at radius 3 is 2.82 bits per heavy atom. The number of rotatable bonds is 6. The van der Waals surface area contributed by atoms with Crippen LogP contribution in [-0.4, -0.2) is 59.9 Å². The van der Waals surface area contributed by atoms with E-state index in [1.54, 1.807) is 11.3 Å². The van der Waals surface area contributed by atoms with Crippen LogP contribution in [0.2, 0.25) is 5.02 Å². The van der Waals surface area contributed by atoms with E-state index in [1.165, 1.54) is 21.7 Å². The van der Waals surface area contributed by atoms with Gasteiger partial charge in [0.2, 0.25) is 0 Å². The van der Waals surface area contributed by atoms with E-state index in [2.05, 4.69) is 50.7 Å². The van der Waals surface area contributed by atoms with Gasteiger partial charge in [-0.2, -0.15) is 5.10 Å². The third kappa shape index (κ3) is 4.54. The molecule has 174 valence electrons. The lowest BCUT2D eigenvalue weighted by Gasteiger charge is -2.37. The summed E-state index contributed by atoms with van der Waals surface area (Å²) in [4.78, 5) is 19.2. The van der Waals surface area contributed by atoms with Crippen molar-refractivity contribution in [3.8, 4) is 11.3 Å². The van der Waals surface area contributed by atoms with Crippen LogP contribution in [0.5, 0.6) is 0 Å². The molecule has 3 heterocycles. The van der Waals surface area contributed by atoms with E-state index in [4.69, 9.17) is 11.6 Å². The average molecular weight is 484 g/mol. The highest BCUT2D eigenvalue weighted by atomic mass is 35.5. The van der Waals surface area contributed by atoms with Gasteiger partial charge in [0.1, 0.15) is 0 Å². The predicted octanol–water partition coefficient (Wildman–Crippen LogP) is 4.15. The van der Waals surface area contributed by atoms with Crippen LogP contribution in [0.25, 0.3) is 11.3 Å².